The van der Waals surface area contributed by atoms with Gasteiger partial charge in [-0.3, -0.25) is 14.9 Å². The second-order valence-corrected chi connectivity index (χ2v) is 7.93. The summed E-state index contributed by atoms with van der Waals surface area (Å²) in [6.45, 7) is 2.15. The highest BCUT2D eigenvalue weighted by Crippen LogP contribution is 2.55. The van der Waals surface area contributed by atoms with Gasteiger partial charge in [0.15, 0.2) is 0 Å². The van der Waals surface area contributed by atoms with Gasteiger partial charge in [0, 0.05) is 21.6 Å². The van der Waals surface area contributed by atoms with Crippen molar-refractivity contribution in [2.24, 2.45) is 5.41 Å². The van der Waals surface area contributed by atoms with Gasteiger partial charge in [0.1, 0.15) is 0 Å². The van der Waals surface area contributed by atoms with Crippen LogP contribution in [0.3, 0.4) is 0 Å². The Labute approximate surface area is 131 Å². The van der Waals surface area contributed by atoms with Crippen LogP contribution in [0.5, 0.6) is 0 Å². The molecule has 106 valence electrons. The van der Waals surface area contributed by atoms with E-state index in [-0.39, 0.29) is 23.1 Å². The molecule has 2 amide bonds. The molecule has 0 aromatic heterocycles. The summed E-state index contributed by atoms with van der Waals surface area (Å²) >= 11 is 5.29. The normalized spacial score (nSPS) is 33.5. The molecular formula is C15H16BrNO2S. The van der Waals surface area contributed by atoms with E-state index in [0.29, 0.717) is 11.7 Å². The van der Waals surface area contributed by atoms with Crippen LogP contribution in [0.2, 0.25) is 0 Å². The summed E-state index contributed by atoms with van der Waals surface area (Å²) in [6.07, 6.45) is 1.38. The Balaban J connectivity index is 2.06. The summed E-state index contributed by atoms with van der Waals surface area (Å²) in [6, 6.07) is 7.89. The number of carbonyl (C=O) groups is 2. The molecule has 5 heteroatoms. The third-order valence-electron chi connectivity index (χ3n) is 4.54. The highest BCUT2D eigenvalue weighted by Gasteiger charge is 2.54. The number of amides is 2. The van der Waals surface area contributed by atoms with Gasteiger partial charge in [-0.2, -0.15) is 11.8 Å². The minimum Gasteiger partial charge on any atom is -0.296 e. The first-order chi connectivity index (χ1) is 9.53. The van der Waals surface area contributed by atoms with Crippen molar-refractivity contribution in [3.8, 4) is 0 Å². The molecular weight excluding hydrogens is 338 g/mol. The topological polar surface area (TPSA) is 46.2 Å². The van der Waals surface area contributed by atoms with Crippen molar-refractivity contribution in [2.45, 2.75) is 30.9 Å². The van der Waals surface area contributed by atoms with Gasteiger partial charge in [-0.15, -0.1) is 0 Å². The van der Waals surface area contributed by atoms with E-state index in [1.54, 1.807) is 0 Å². The van der Waals surface area contributed by atoms with Gasteiger partial charge in [-0.25, -0.2) is 0 Å². The standard InChI is InChI=1S/C15H16BrNO2S/c1-9-15(6-7-20-9)8-12(18)17-14(19)13(15)10-2-4-11(16)5-3-10/h2-5,9,13H,6-8H2,1H3,(H,17,18,19). The van der Waals surface area contributed by atoms with Gasteiger partial charge >= 0.3 is 0 Å². The Morgan fingerprint density at radius 1 is 1.30 bits per heavy atom. The highest BCUT2D eigenvalue weighted by molar-refractivity contribution is 9.10. The van der Waals surface area contributed by atoms with Crippen LogP contribution in [0.25, 0.3) is 0 Å². The second-order valence-electron chi connectivity index (χ2n) is 5.57. The van der Waals surface area contributed by atoms with Crippen LogP contribution in [0.15, 0.2) is 28.7 Å². The number of hydrogen-bond acceptors (Lipinski definition) is 3. The van der Waals surface area contributed by atoms with Crippen molar-refractivity contribution >= 4 is 39.5 Å². The van der Waals surface area contributed by atoms with E-state index in [2.05, 4.69) is 28.2 Å². The summed E-state index contributed by atoms with van der Waals surface area (Å²) in [5.74, 6) is 0.531. The third-order valence-corrected chi connectivity index (χ3v) is 6.48. The Hall–Kier alpha value is -0.810. The summed E-state index contributed by atoms with van der Waals surface area (Å²) in [7, 11) is 0. The number of hydrogen-bond donors (Lipinski definition) is 1. The molecule has 3 rings (SSSR count). The van der Waals surface area contributed by atoms with Crippen LogP contribution in [0.1, 0.15) is 31.2 Å². The monoisotopic (exact) mass is 353 g/mol. The molecule has 2 heterocycles. The summed E-state index contributed by atoms with van der Waals surface area (Å²) in [4.78, 5) is 24.3. The first kappa shape index (κ1) is 14.1. The van der Waals surface area contributed by atoms with E-state index >= 15 is 0 Å². The minimum atomic E-state index is -0.224. The molecule has 0 bridgehead atoms. The van der Waals surface area contributed by atoms with Gasteiger partial charge in [0.25, 0.3) is 0 Å². The summed E-state index contributed by atoms with van der Waals surface area (Å²) in [5, 5.41) is 2.84. The van der Waals surface area contributed by atoms with Crippen molar-refractivity contribution in [3.63, 3.8) is 0 Å². The number of carbonyl (C=O) groups excluding carboxylic acids is 2. The van der Waals surface area contributed by atoms with Crippen molar-refractivity contribution in [2.75, 3.05) is 5.75 Å². The molecule has 2 saturated heterocycles. The van der Waals surface area contributed by atoms with Crippen molar-refractivity contribution in [1.82, 2.24) is 5.32 Å². The average molecular weight is 354 g/mol. The minimum absolute atomic E-state index is 0.127. The number of benzene rings is 1. The van der Waals surface area contributed by atoms with E-state index in [0.717, 1.165) is 22.2 Å². The molecule has 3 atom stereocenters. The molecule has 2 fully saturated rings. The van der Waals surface area contributed by atoms with E-state index in [4.69, 9.17) is 0 Å². The van der Waals surface area contributed by atoms with E-state index in [1.807, 2.05) is 36.0 Å². The van der Waals surface area contributed by atoms with E-state index in [1.165, 1.54) is 0 Å². The van der Waals surface area contributed by atoms with Crippen LogP contribution in [0.4, 0.5) is 0 Å². The summed E-state index contributed by atoms with van der Waals surface area (Å²) in [5.41, 5.74) is 0.783. The molecule has 1 N–H and O–H groups in total. The molecule has 1 spiro atoms. The van der Waals surface area contributed by atoms with Crippen LogP contribution in [0, 0.1) is 5.41 Å². The average Bonchev–Trinajstić information content (AvgIpc) is 2.72. The first-order valence-electron chi connectivity index (χ1n) is 6.74. The third kappa shape index (κ3) is 2.21. The summed E-state index contributed by atoms with van der Waals surface area (Å²) < 4.78 is 0.997. The smallest absolute Gasteiger partial charge is 0.234 e. The second kappa shape index (κ2) is 5.19. The molecule has 1 aromatic rings. The number of piperidine rings is 1. The molecule has 0 saturated carbocycles. The van der Waals surface area contributed by atoms with Crippen LogP contribution in [-0.2, 0) is 9.59 Å². The van der Waals surface area contributed by atoms with E-state index in [9.17, 15) is 9.59 Å². The molecule has 20 heavy (non-hydrogen) atoms. The lowest BCUT2D eigenvalue weighted by Crippen LogP contribution is -2.52. The molecule has 3 nitrogen and oxygen atoms in total. The highest BCUT2D eigenvalue weighted by atomic mass is 79.9. The fourth-order valence-corrected chi connectivity index (χ4v) is 5.25. The van der Waals surface area contributed by atoms with Gasteiger partial charge < -0.3 is 0 Å². The maximum atomic E-state index is 12.4. The van der Waals surface area contributed by atoms with Crippen molar-refractivity contribution in [3.05, 3.63) is 34.3 Å². The van der Waals surface area contributed by atoms with Crippen LogP contribution >= 0.6 is 27.7 Å². The number of imide groups is 1. The lowest BCUT2D eigenvalue weighted by atomic mass is 9.64. The Morgan fingerprint density at radius 2 is 2.00 bits per heavy atom. The fourth-order valence-electron chi connectivity index (χ4n) is 3.46. The zero-order valence-electron chi connectivity index (χ0n) is 11.2. The van der Waals surface area contributed by atoms with Crippen molar-refractivity contribution in [1.29, 1.82) is 0 Å². The molecule has 1 aromatic carbocycles. The van der Waals surface area contributed by atoms with Crippen LogP contribution < -0.4 is 5.32 Å². The molecule has 3 unspecified atom stereocenters. The molecule has 0 radical (unpaired) electrons. The van der Waals surface area contributed by atoms with Crippen molar-refractivity contribution < 1.29 is 9.59 Å². The number of halogens is 1. The molecule has 0 aliphatic carbocycles. The Bertz CT molecular complexity index is 559. The zero-order chi connectivity index (χ0) is 14.3. The number of thioether (sulfide) groups is 1. The molecule has 2 aliphatic heterocycles. The predicted octanol–water partition coefficient (Wildman–Crippen LogP) is 3.09. The molecule has 2 aliphatic rings. The lowest BCUT2D eigenvalue weighted by Gasteiger charge is -2.42. The first-order valence-corrected chi connectivity index (χ1v) is 8.58. The quantitative estimate of drug-likeness (QED) is 0.789. The maximum Gasteiger partial charge on any atom is 0.234 e. The SMILES string of the molecule is CC1SCCC12CC(=O)NC(=O)C2c1ccc(Br)cc1. The Morgan fingerprint density at radius 3 is 2.60 bits per heavy atom. The zero-order valence-corrected chi connectivity index (χ0v) is 13.6. The van der Waals surface area contributed by atoms with Gasteiger partial charge in [-0.05, 0) is 29.9 Å². The fraction of sp³-hybridized carbons (Fsp3) is 0.467. The Kier molecular flexibility index (Phi) is 3.67. The number of rotatable bonds is 1. The predicted molar refractivity (Wildman–Crippen MR) is 83.6 cm³/mol. The number of nitrogens with one attached hydrogen (secondary N) is 1. The van der Waals surface area contributed by atoms with Crippen LogP contribution in [-0.4, -0.2) is 22.8 Å². The van der Waals surface area contributed by atoms with E-state index < -0.39 is 0 Å². The largest absolute Gasteiger partial charge is 0.296 e. The maximum absolute atomic E-state index is 12.4. The van der Waals surface area contributed by atoms with Gasteiger partial charge in [0.05, 0.1) is 5.92 Å². The van der Waals surface area contributed by atoms with Gasteiger partial charge in [-0.1, -0.05) is 35.0 Å². The van der Waals surface area contributed by atoms with Gasteiger partial charge in [0.2, 0.25) is 11.8 Å². The lowest BCUT2D eigenvalue weighted by molar-refractivity contribution is -0.140.